The molecule has 8 heteroatoms. The molecule has 1 amide bonds. The van der Waals surface area contributed by atoms with Gasteiger partial charge in [-0.25, -0.2) is 4.98 Å². The molecular formula is C16H16N4O4. The molecule has 0 atom stereocenters. The molecule has 0 saturated carbocycles. The number of ether oxygens (including phenoxy) is 1. The fourth-order valence-corrected chi connectivity index (χ4v) is 2.45. The Bertz CT molecular complexity index is 742. The normalized spacial score (nSPS) is 14.2. The zero-order valence-corrected chi connectivity index (χ0v) is 12.8. The fourth-order valence-electron chi connectivity index (χ4n) is 2.45. The molecule has 0 unspecified atom stereocenters. The van der Waals surface area contributed by atoms with Crippen molar-refractivity contribution < 1.29 is 14.5 Å². The van der Waals surface area contributed by atoms with Crippen LogP contribution in [0.1, 0.15) is 10.4 Å². The monoisotopic (exact) mass is 328 g/mol. The summed E-state index contributed by atoms with van der Waals surface area (Å²) in [6.07, 6.45) is 1.67. The Labute approximate surface area is 138 Å². The van der Waals surface area contributed by atoms with Crippen LogP contribution in [-0.2, 0) is 4.74 Å². The van der Waals surface area contributed by atoms with Crippen LogP contribution in [0.4, 0.5) is 17.2 Å². The van der Waals surface area contributed by atoms with Crippen molar-refractivity contribution in [2.45, 2.75) is 0 Å². The molecule has 8 nitrogen and oxygen atoms in total. The molecule has 124 valence electrons. The van der Waals surface area contributed by atoms with Crippen LogP contribution in [-0.4, -0.2) is 42.1 Å². The highest BCUT2D eigenvalue weighted by molar-refractivity contribution is 6.05. The number of nitro benzene ring substituents is 1. The van der Waals surface area contributed by atoms with Crippen molar-refractivity contribution in [3.63, 3.8) is 0 Å². The Balaban J connectivity index is 1.77. The molecule has 1 aromatic heterocycles. The van der Waals surface area contributed by atoms with Gasteiger partial charge in [-0.15, -0.1) is 0 Å². The van der Waals surface area contributed by atoms with Gasteiger partial charge in [0.1, 0.15) is 0 Å². The van der Waals surface area contributed by atoms with E-state index in [0.29, 0.717) is 43.4 Å². The molecule has 3 rings (SSSR count). The summed E-state index contributed by atoms with van der Waals surface area (Å²) in [7, 11) is 0. The Morgan fingerprint density at radius 1 is 1.21 bits per heavy atom. The number of anilines is 2. The predicted octanol–water partition coefficient (Wildman–Crippen LogP) is 2.08. The number of morpholine rings is 1. The first-order valence-corrected chi connectivity index (χ1v) is 7.48. The maximum Gasteiger partial charge on any atom is 0.269 e. The van der Waals surface area contributed by atoms with E-state index in [2.05, 4.69) is 15.2 Å². The van der Waals surface area contributed by atoms with Crippen molar-refractivity contribution in [3.8, 4) is 0 Å². The first kappa shape index (κ1) is 15.9. The molecule has 0 aliphatic carbocycles. The lowest BCUT2D eigenvalue weighted by Crippen LogP contribution is -2.37. The van der Waals surface area contributed by atoms with Crippen LogP contribution >= 0.6 is 0 Å². The lowest BCUT2D eigenvalue weighted by atomic mass is 10.2. The molecule has 0 radical (unpaired) electrons. The van der Waals surface area contributed by atoms with Gasteiger partial charge >= 0.3 is 0 Å². The van der Waals surface area contributed by atoms with Crippen molar-refractivity contribution in [3.05, 3.63) is 58.3 Å². The topological polar surface area (TPSA) is 97.6 Å². The van der Waals surface area contributed by atoms with Crippen LogP contribution < -0.4 is 10.2 Å². The summed E-state index contributed by atoms with van der Waals surface area (Å²) in [5.41, 5.74) is 0.891. The number of hydrogen-bond donors (Lipinski definition) is 1. The van der Waals surface area contributed by atoms with Crippen LogP contribution in [0.2, 0.25) is 0 Å². The highest BCUT2D eigenvalue weighted by Gasteiger charge is 2.18. The van der Waals surface area contributed by atoms with Crippen LogP contribution in [0.15, 0.2) is 42.6 Å². The largest absolute Gasteiger partial charge is 0.378 e. The van der Waals surface area contributed by atoms with Gasteiger partial charge in [0.2, 0.25) is 0 Å². The number of carbonyl (C=O) groups is 1. The van der Waals surface area contributed by atoms with Crippen molar-refractivity contribution in [2.75, 3.05) is 36.5 Å². The second-order valence-corrected chi connectivity index (χ2v) is 5.23. The first-order chi connectivity index (χ1) is 11.6. The highest BCUT2D eigenvalue weighted by atomic mass is 16.6. The van der Waals surface area contributed by atoms with Gasteiger partial charge < -0.3 is 15.0 Å². The molecule has 0 spiro atoms. The van der Waals surface area contributed by atoms with E-state index >= 15 is 0 Å². The van der Waals surface area contributed by atoms with Crippen LogP contribution in [0.5, 0.6) is 0 Å². The quantitative estimate of drug-likeness (QED) is 0.681. The Hall–Kier alpha value is -3.00. The average molecular weight is 328 g/mol. The van der Waals surface area contributed by atoms with E-state index in [0.717, 1.165) is 0 Å². The lowest BCUT2D eigenvalue weighted by Gasteiger charge is -2.29. The average Bonchev–Trinajstić information content (AvgIpc) is 2.63. The highest BCUT2D eigenvalue weighted by Crippen LogP contribution is 2.24. The minimum Gasteiger partial charge on any atom is -0.378 e. The van der Waals surface area contributed by atoms with E-state index in [1.807, 2.05) is 0 Å². The van der Waals surface area contributed by atoms with E-state index in [4.69, 9.17) is 4.74 Å². The number of aromatic nitrogens is 1. The molecule has 1 N–H and O–H groups in total. The smallest absolute Gasteiger partial charge is 0.269 e. The summed E-state index contributed by atoms with van der Waals surface area (Å²) >= 11 is 0. The summed E-state index contributed by atoms with van der Waals surface area (Å²) in [6, 6.07) is 9.00. The number of nitro groups is 1. The molecule has 1 aliphatic rings. The van der Waals surface area contributed by atoms with E-state index < -0.39 is 4.92 Å². The van der Waals surface area contributed by atoms with Crippen LogP contribution in [0.3, 0.4) is 0 Å². The third kappa shape index (κ3) is 3.49. The SMILES string of the molecule is O=C(Nc1cccnc1N1CCOCC1)c1ccc([N+](=O)[O-])cc1. The molecule has 1 fully saturated rings. The van der Waals surface area contributed by atoms with Gasteiger partial charge in [0.15, 0.2) is 5.82 Å². The fraction of sp³-hybridized carbons (Fsp3) is 0.250. The van der Waals surface area contributed by atoms with E-state index in [9.17, 15) is 14.9 Å². The van der Waals surface area contributed by atoms with Crippen LogP contribution in [0, 0.1) is 10.1 Å². The zero-order chi connectivity index (χ0) is 16.9. The Kier molecular flexibility index (Phi) is 4.66. The van der Waals surface area contributed by atoms with Crippen LogP contribution in [0.25, 0.3) is 0 Å². The standard InChI is InChI=1S/C16H16N4O4/c21-16(12-3-5-13(6-4-12)20(22)23)18-14-2-1-7-17-15(14)19-8-10-24-11-9-19/h1-7H,8-11H2,(H,18,21). The predicted molar refractivity (Wildman–Crippen MR) is 88.3 cm³/mol. The summed E-state index contributed by atoms with van der Waals surface area (Å²) in [5.74, 6) is 0.350. The van der Waals surface area contributed by atoms with E-state index in [1.165, 1.54) is 24.3 Å². The van der Waals surface area contributed by atoms with Crippen molar-refractivity contribution >= 4 is 23.1 Å². The van der Waals surface area contributed by atoms with Crippen molar-refractivity contribution in [2.24, 2.45) is 0 Å². The number of nitrogens with zero attached hydrogens (tertiary/aromatic N) is 3. The number of hydrogen-bond acceptors (Lipinski definition) is 6. The minimum atomic E-state index is -0.501. The van der Waals surface area contributed by atoms with Gasteiger partial charge in [-0.1, -0.05) is 0 Å². The molecule has 1 aromatic carbocycles. The number of pyridine rings is 1. The number of carbonyl (C=O) groups excluding carboxylic acids is 1. The molecule has 0 bridgehead atoms. The number of rotatable bonds is 4. The zero-order valence-electron chi connectivity index (χ0n) is 12.8. The molecule has 1 aliphatic heterocycles. The van der Waals surface area contributed by atoms with Crippen molar-refractivity contribution in [1.29, 1.82) is 0 Å². The maximum atomic E-state index is 12.4. The number of amides is 1. The molecule has 24 heavy (non-hydrogen) atoms. The summed E-state index contributed by atoms with van der Waals surface area (Å²) in [5, 5.41) is 13.5. The van der Waals surface area contributed by atoms with Gasteiger partial charge in [0.05, 0.1) is 23.8 Å². The number of non-ortho nitro benzene ring substituents is 1. The first-order valence-electron chi connectivity index (χ1n) is 7.48. The Morgan fingerprint density at radius 3 is 2.58 bits per heavy atom. The summed E-state index contributed by atoms with van der Waals surface area (Å²) in [6.45, 7) is 2.65. The van der Waals surface area contributed by atoms with E-state index in [-0.39, 0.29) is 11.6 Å². The second-order valence-electron chi connectivity index (χ2n) is 5.23. The summed E-state index contributed by atoms with van der Waals surface area (Å²) < 4.78 is 5.33. The van der Waals surface area contributed by atoms with Crippen molar-refractivity contribution in [1.82, 2.24) is 4.98 Å². The van der Waals surface area contributed by atoms with Gasteiger partial charge in [-0.05, 0) is 24.3 Å². The lowest BCUT2D eigenvalue weighted by molar-refractivity contribution is -0.384. The van der Waals surface area contributed by atoms with E-state index in [1.54, 1.807) is 18.3 Å². The number of nitrogens with one attached hydrogen (secondary N) is 1. The Morgan fingerprint density at radius 2 is 1.92 bits per heavy atom. The molecular weight excluding hydrogens is 312 g/mol. The summed E-state index contributed by atoms with van der Waals surface area (Å²) in [4.78, 5) is 29.0. The van der Waals surface area contributed by atoms with Gasteiger partial charge in [0.25, 0.3) is 11.6 Å². The number of benzene rings is 1. The second kappa shape index (κ2) is 7.05. The van der Waals surface area contributed by atoms with Gasteiger partial charge in [-0.3, -0.25) is 14.9 Å². The van der Waals surface area contributed by atoms with Gasteiger partial charge in [0, 0.05) is 37.0 Å². The third-order valence-corrected chi connectivity index (χ3v) is 3.69. The molecule has 2 heterocycles. The molecule has 1 saturated heterocycles. The van der Waals surface area contributed by atoms with Gasteiger partial charge in [-0.2, -0.15) is 0 Å². The third-order valence-electron chi connectivity index (χ3n) is 3.69. The maximum absolute atomic E-state index is 12.4. The minimum absolute atomic E-state index is 0.0538. The molecule has 2 aromatic rings.